The first-order chi connectivity index (χ1) is 9.71. The van der Waals surface area contributed by atoms with E-state index in [-0.39, 0.29) is 17.3 Å². The summed E-state index contributed by atoms with van der Waals surface area (Å²) in [5, 5.41) is 2.53. The largest absolute Gasteiger partial charge is 0.497 e. The lowest BCUT2D eigenvalue weighted by molar-refractivity contribution is -0.113. The summed E-state index contributed by atoms with van der Waals surface area (Å²) in [6.07, 6.45) is 1.06. The molecule has 0 saturated heterocycles. The lowest BCUT2D eigenvalue weighted by Crippen LogP contribution is -2.23. The third kappa shape index (κ3) is 6.58. The van der Waals surface area contributed by atoms with E-state index in [0.29, 0.717) is 17.1 Å². The summed E-state index contributed by atoms with van der Waals surface area (Å²) in [5.41, 5.74) is 6.46. The van der Waals surface area contributed by atoms with Gasteiger partial charge < -0.3 is 15.8 Å². The van der Waals surface area contributed by atoms with Crippen LogP contribution in [-0.4, -0.2) is 49.2 Å². The van der Waals surface area contributed by atoms with Crippen LogP contribution in [0.2, 0.25) is 0 Å². The minimum atomic E-state index is -3.19. The van der Waals surface area contributed by atoms with Crippen LogP contribution in [0.15, 0.2) is 18.2 Å². The molecule has 0 fully saturated rings. The highest BCUT2D eigenvalue weighted by Gasteiger charge is 2.12. The standard InChI is InChI=1S/C12H18N2O5S2/c1-19-9-3-4-11(10(13)7-9)14-12(15)8-20(16)5-6-21(2,17)18/h3-4,7H,5-6,8,13H2,1-2H3,(H,14,15). The number of nitrogens with two attached hydrogens (primary N) is 1. The van der Waals surface area contributed by atoms with E-state index in [9.17, 15) is 17.4 Å². The van der Waals surface area contributed by atoms with Crippen molar-refractivity contribution in [2.24, 2.45) is 0 Å². The van der Waals surface area contributed by atoms with Crippen molar-refractivity contribution in [2.75, 3.05) is 41.7 Å². The number of carbonyl (C=O) groups excluding carboxylic acids is 1. The molecule has 7 nitrogen and oxygen atoms in total. The Morgan fingerprint density at radius 3 is 2.62 bits per heavy atom. The van der Waals surface area contributed by atoms with Crippen molar-refractivity contribution in [1.82, 2.24) is 0 Å². The Hall–Kier alpha value is -1.61. The van der Waals surface area contributed by atoms with Crippen LogP contribution in [0.4, 0.5) is 11.4 Å². The number of rotatable bonds is 7. The zero-order valence-corrected chi connectivity index (χ0v) is 13.4. The van der Waals surface area contributed by atoms with Gasteiger partial charge in [0.15, 0.2) is 0 Å². The van der Waals surface area contributed by atoms with Gasteiger partial charge in [-0.25, -0.2) is 8.42 Å². The van der Waals surface area contributed by atoms with Crippen LogP contribution in [0.25, 0.3) is 0 Å². The van der Waals surface area contributed by atoms with Gasteiger partial charge in [0.1, 0.15) is 21.3 Å². The molecule has 3 N–H and O–H groups in total. The molecule has 0 radical (unpaired) electrons. The smallest absolute Gasteiger partial charge is 0.237 e. The second-order valence-corrected chi connectivity index (χ2v) is 8.26. The topological polar surface area (TPSA) is 116 Å². The maximum atomic E-state index is 11.7. The molecular formula is C12H18N2O5S2. The predicted octanol–water partition coefficient (Wildman–Crippen LogP) is 0.00920. The second-order valence-electron chi connectivity index (χ2n) is 4.42. The van der Waals surface area contributed by atoms with Gasteiger partial charge >= 0.3 is 0 Å². The highest BCUT2D eigenvalue weighted by atomic mass is 32.2. The van der Waals surface area contributed by atoms with E-state index < -0.39 is 26.5 Å². The number of sulfone groups is 1. The molecule has 0 aliphatic carbocycles. The van der Waals surface area contributed by atoms with Gasteiger partial charge in [-0.05, 0) is 12.1 Å². The average molecular weight is 334 g/mol. The SMILES string of the molecule is COc1ccc(NC(=O)CS(=O)CCS(C)(=O)=O)c(N)c1. The fourth-order valence-electron chi connectivity index (χ4n) is 1.43. The molecule has 0 spiro atoms. The molecule has 118 valence electrons. The van der Waals surface area contributed by atoms with E-state index in [0.717, 1.165) is 6.26 Å². The third-order valence-electron chi connectivity index (χ3n) is 2.51. The van der Waals surface area contributed by atoms with E-state index in [2.05, 4.69) is 5.32 Å². The Bertz CT molecular complexity index is 643. The Morgan fingerprint density at radius 2 is 2.10 bits per heavy atom. The lowest BCUT2D eigenvalue weighted by Gasteiger charge is -2.09. The van der Waals surface area contributed by atoms with E-state index in [1.165, 1.54) is 7.11 Å². The van der Waals surface area contributed by atoms with Crippen LogP contribution >= 0.6 is 0 Å². The van der Waals surface area contributed by atoms with Gasteiger partial charge in [0.2, 0.25) is 5.91 Å². The summed E-state index contributed by atoms with van der Waals surface area (Å²) in [6.45, 7) is 0. The van der Waals surface area contributed by atoms with Gasteiger partial charge in [0.05, 0.1) is 24.2 Å². The summed E-state index contributed by atoms with van der Waals surface area (Å²) in [7, 11) is -3.23. The first kappa shape index (κ1) is 17.4. The molecule has 0 bridgehead atoms. The molecule has 1 unspecified atom stereocenters. The van der Waals surface area contributed by atoms with Crippen molar-refractivity contribution in [3.05, 3.63) is 18.2 Å². The van der Waals surface area contributed by atoms with Crippen molar-refractivity contribution < 1.29 is 22.2 Å². The van der Waals surface area contributed by atoms with Crippen molar-refractivity contribution in [3.63, 3.8) is 0 Å². The molecule has 0 aliphatic rings. The van der Waals surface area contributed by atoms with Gasteiger partial charge in [-0.1, -0.05) is 0 Å². The summed E-state index contributed by atoms with van der Waals surface area (Å²) in [4.78, 5) is 11.7. The second kappa shape index (κ2) is 7.41. The lowest BCUT2D eigenvalue weighted by atomic mass is 10.2. The maximum Gasteiger partial charge on any atom is 0.237 e. The van der Waals surface area contributed by atoms with E-state index in [1.54, 1.807) is 18.2 Å². The number of nitrogen functional groups attached to an aromatic ring is 1. The molecule has 0 aliphatic heterocycles. The van der Waals surface area contributed by atoms with Crippen molar-refractivity contribution in [2.45, 2.75) is 0 Å². The Kier molecular flexibility index (Phi) is 6.16. The quantitative estimate of drug-likeness (QED) is 0.679. The summed E-state index contributed by atoms with van der Waals surface area (Å²) in [5.74, 6) is -0.482. The maximum absolute atomic E-state index is 11.7. The fraction of sp³-hybridized carbons (Fsp3) is 0.417. The minimum Gasteiger partial charge on any atom is -0.497 e. The zero-order chi connectivity index (χ0) is 16.0. The number of methoxy groups -OCH3 is 1. The molecule has 0 saturated carbocycles. The molecule has 1 aromatic rings. The monoisotopic (exact) mass is 334 g/mol. The van der Waals surface area contributed by atoms with Crippen LogP contribution in [0.5, 0.6) is 5.75 Å². The number of anilines is 2. The van der Waals surface area contributed by atoms with Crippen molar-refractivity contribution in [3.8, 4) is 5.75 Å². The summed E-state index contributed by atoms with van der Waals surface area (Å²) in [6, 6.07) is 4.76. The number of hydrogen-bond donors (Lipinski definition) is 2. The van der Waals surface area contributed by atoms with Gasteiger partial charge in [0.25, 0.3) is 0 Å². The number of amides is 1. The Balaban J connectivity index is 2.56. The fourth-order valence-corrected chi connectivity index (χ4v) is 3.89. The van der Waals surface area contributed by atoms with Gasteiger partial charge in [0, 0.05) is 28.9 Å². The first-order valence-corrected chi connectivity index (χ1v) is 9.52. The molecular weight excluding hydrogens is 316 g/mol. The number of ether oxygens (including phenoxy) is 1. The number of benzene rings is 1. The van der Waals surface area contributed by atoms with E-state index in [4.69, 9.17) is 10.5 Å². The predicted molar refractivity (Wildman–Crippen MR) is 83.6 cm³/mol. The first-order valence-electron chi connectivity index (χ1n) is 5.97. The van der Waals surface area contributed by atoms with Gasteiger partial charge in [-0.15, -0.1) is 0 Å². The third-order valence-corrected chi connectivity index (χ3v) is 4.95. The highest BCUT2D eigenvalue weighted by molar-refractivity contribution is 7.92. The van der Waals surface area contributed by atoms with E-state index in [1.807, 2.05) is 0 Å². The number of hydrogen-bond acceptors (Lipinski definition) is 6. The molecule has 0 heterocycles. The number of carbonyl (C=O) groups is 1. The van der Waals surface area contributed by atoms with Gasteiger partial charge in [-0.3, -0.25) is 9.00 Å². The van der Waals surface area contributed by atoms with E-state index >= 15 is 0 Å². The Labute approximate surface area is 126 Å². The van der Waals surface area contributed by atoms with Crippen molar-refractivity contribution in [1.29, 1.82) is 0 Å². The molecule has 1 amide bonds. The summed E-state index contributed by atoms with van der Waals surface area (Å²) < 4.78 is 38.5. The molecule has 1 atom stereocenters. The molecule has 0 aromatic heterocycles. The van der Waals surface area contributed by atoms with Crippen LogP contribution < -0.4 is 15.8 Å². The molecule has 21 heavy (non-hydrogen) atoms. The molecule has 1 aromatic carbocycles. The zero-order valence-electron chi connectivity index (χ0n) is 11.8. The highest BCUT2D eigenvalue weighted by Crippen LogP contribution is 2.23. The molecule has 1 rings (SSSR count). The van der Waals surface area contributed by atoms with Crippen LogP contribution in [0.3, 0.4) is 0 Å². The minimum absolute atomic E-state index is 0.0651. The normalized spacial score (nSPS) is 12.7. The summed E-state index contributed by atoms with van der Waals surface area (Å²) >= 11 is 0. The number of nitrogens with one attached hydrogen (secondary N) is 1. The van der Waals surface area contributed by atoms with Crippen LogP contribution in [-0.2, 0) is 25.4 Å². The van der Waals surface area contributed by atoms with Gasteiger partial charge in [-0.2, -0.15) is 0 Å². The Morgan fingerprint density at radius 1 is 1.43 bits per heavy atom. The molecule has 9 heteroatoms. The van der Waals surface area contributed by atoms with Crippen LogP contribution in [0, 0.1) is 0 Å². The van der Waals surface area contributed by atoms with Crippen LogP contribution in [0.1, 0.15) is 0 Å². The van der Waals surface area contributed by atoms with Crippen molar-refractivity contribution >= 4 is 37.9 Å². The average Bonchev–Trinajstić information content (AvgIpc) is 2.38.